The van der Waals surface area contributed by atoms with Crippen molar-refractivity contribution in [2.75, 3.05) is 25.1 Å². The molecular weight excluding hydrogens is 667 g/mol. The third kappa shape index (κ3) is 5.39. The van der Waals surface area contributed by atoms with Gasteiger partial charge in [0, 0.05) is 28.3 Å². The first-order valence-electron chi connectivity index (χ1n) is 16.4. The molecule has 0 radical (unpaired) electrons. The number of nitrogens with one attached hydrogen (secondary N) is 2. The molecular formula is C36H33N3O8S2. The molecule has 6 unspecified atom stereocenters. The summed E-state index contributed by atoms with van der Waals surface area (Å²) in [6.07, 6.45) is 0.443. The Bertz CT molecular complexity index is 2080. The number of aliphatic carboxylic acids is 1. The Kier molecular flexibility index (Phi) is 7.98. The van der Waals surface area contributed by atoms with Crippen LogP contribution < -0.4 is 19.7 Å². The van der Waals surface area contributed by atoms with Crippen molar-refractivity contribution in [1.82, 2.24) is 9.88 Å². The van der Waals surface area contributed by atoms with Gasteiger partial charge in [-0.25, -0.2) is 0 Å². The lowest BCUT2D eigenvalue weighted by atomic mass is 9.68. The summed E-state index contributed by atoms with van der Waals surface area (Å²) in [5, 5.41) is 15.0. The van der Waals surface area contributed by atoms with Crippen molar-refractivity contribution in [3.8, 4) is 11.5 Å². The molecule has 3 fully saturated rings. The van der Waals surface area contributed by atoms with Crippen molar-refractivity contribution in [1.29, 1.82) is 0 Å². The number of nitrogens with zero attached hydrogens (tertiary/aromatic N) is 1. The molecule has 3 aromatic carbocycles. The van der Waals surface area contributed by atoms with E-state index >= 15 is 0 Å². The molecule has 4 aromatic rings. The smallest absolute Gasteiger partial charge is 0.305 e. The summed E-state index contributed by atoms with van der Waals surface area (Å²) in [7, 11) is 0. The van der Waals surface area contributed by atoms with Crippen LogP contribution in [0.15, 0.2) is 70.5 Å². The maximum atomic E-state index is 13.6. The molecule has 49 heavy (non-hydrogen) atoms. The van der Waals surface area contributed by atoms with Crippen molar-refractivity contribution in [2.45, 2.75) is 36.0 Å². The largest absolute Gasteiger partial charge is 0.490 e. The lowest BCUT2D eigenvalue weighted by Gasteiger charge is -2.43. The van der Waals surface area contributed by atoms with Crippen LogP contribution in [0.25, 0.3) is 10.8 Å². The van der Waals surface area contributed by atoms with Gasteiger partial charge in [0.05, 0.1) is 29.9 Å². The third-order valence-electron chi connectivity index (χ3n) is 10.4. The van der Waals surface area contributed by atoms with Gasteiger partial charge in [0.25, 0.3) is 5.91 Å². The number of carbonyl (C=O) groups excluding carboxylic acids is 3. The van der Waals surface area contributed by atoms with Gasteiger partial charge in [0.15, 0.2) is 18.1 Å². The van der Waals surface area contributed by atoms with E-state index in [1.54, 1.807) is 17.8 Å². The van der Waals surface area contributed by atoms with Gasteiger partial charge in [-0.15, -0.1) is 11.8 Å². The molecule has 8 rings (SSSR count). The topological polar surface area (TPSA) is 155 Å². The number of thioether (sulfide) groups is 1. The Morgan fingerprint density at radius 2 is 1.73 bits per heavy atom. The predicted octanol–water partition coefficient (Wildman–Crippen LogP) is 4.95. The molecule has 3 N–H and O–H groups in total. The average molecular weight is 700 g/mol. The number of benzene rings is 3. The molecule has 3 heterocycles. The number of H-pyrrole nitrogens is 1. The molecule has 0 spiro atoms. The standard InChI is InChI=1S/C36H33N3O8S2/c1-2-46-24-14-19(8-10-23(24)47-16-25(40)37-20-9-7-17-5-3-4-6-18(17)13-20)27-28-21-15-22(31(28)48-33-32(27)49-36(45)38-33)30-29(21)34(43)39(35(30)44)12-11-26(41)42/h3-10,13-14,21-22,27-31H,2,11-12,15-16H2,1H3,(H,37,40)(H,38,45)(H,41,42)/t21?,22?,27-,28?,29?,30?,31?/m1/s1. The zero-order valence-corrected chi connectivity index (χ0v) is 28.1. The Hall–Kier alpha value is -4.62. The highest BCUT2D eigenvalue weighted by molar-refractivity contribution is 8.00. The molecule has 252 valence electrons. The number of fused-ring (bicyclic) bond motifs is 10. The zero-order valence-electron chi connectivity index (χ0n) is 26.4. The Labute approximate surface area is 289 Å². The summed E-state index contributed by atoms with van der Waals surface area (Å²) >= 11 is 2.75. The highest BCUT2D eigenvalue weighted by Gasteiger charge is 2.69. The van der Waals surface area contributed by atoms with Crippen LogP contribution in [-0.4, -0.2) is 63.7 Å². The van der Waals surface area contributed by atoms with E-state index < -0.39 is 17.8 Å². The molecule has 7 atom stereocenters. The van der Waals surface area contributed by atoms with Crippen LogP contribution in [0, 0.1) is 29.6 Å². The average Bonchev–Trinajstić information content (AvgIpc) is 3.82. The van der Waals surface area contributed by atoms with Gasteiger partial charge in [-0.05, 0) is 71.7 Å². The van der Waals surface area contributed by atoms with Gasteiger partial charge >= 0.3 is 10.8 Å². The molecule has 11 nitrogen and oxygen atoms in total. The van der Waals surface area contributed by atoms with Gasteiger partial charge in [0.2, 0.25) is 11.8 Å². The monoisotopic (exact) mass is 699 g/mol. The number of ether oxygens (including phenoxy) is 2. The number of hydrogen-bond acceptors (Lipinski definition) is 9. The third-order valence-corrected chi connectivity index (χ3v) is 13.0. The number of carbonyl (C=O) groups is 4. The number of carboxylic acids is 1. The number of aromatic amines is 1. The minimum Gasteiger partial charge on any atom is -0.490 e. The van der Waals surface area contributed by atoms with E-state index in [1.165, 1.54) is 0 Å². The van der Waals surface area contributed by atoms with Crippen LogP contribution in [0.4, 0.5) is 5.69 Å². The molecule has 4 aliphatic rings. The second-order valence-electron chi connectivity index (χ2n) is 13.0. The van der Waals surface area contributed by atoms with Gasteiger partial charge in [-0.2, -0.15) is 0 Å². The van der Waals surface area contributed by atoms with E-state index in [4.69, 9.17) is 9.47 Å². The van der Waals surface area contributed by atoms with E-state index in [2.05, 4.69) is 10.3 Å². The first-order valence-corrected chi connectivity index (χ1v) is 18.1. The molecule has 2 aliphatic heterocycles. The minimum absolute atomic E-state index is 0.00422. The maximum absolute atomic E-state index is 13.6. The summed E-state index contributed by atoms with van der Waals surface area (Å²) in [6, 6.07) is 19.2. The second kappa shape index (κ2) is 12.4. The SMILES string of the molecule is CCOc1cc([C@H]2c3sc(=O)[nH]c3SC3C4CC(C5C(=O)N(CCC(=O)O)C(=O)C45)C32)ccc1OCC(=O)Nc1ccc2ccccc2c1. The first-order chi connectivity index (χ1) is 23.7. The number of rotatable bonds is 10. The van der Waals surface area contributed by atoms with E-state index in [1.807, 2.05) is 61.5 Å². The van der Waals surface area contributed by atoms with Gasteiger partial charge in [0.1, 0.15) is 0 Å². The van der Waals surface area contributed by atoms with Gasteiger partial charge < -0.3 is 24.9 Å². The first kappa shape index (κ1) is 31.6. The van der Waals surface area contributed by atoms with E-state index in [0.29, 0.717) is 23.8 Å². The highest BCUT2D eigenvalue weighted by Crippen LogP contribution is 2.68. The van der Waals surface area contributed by atoms with E-state index in [-0.39, 0.29) is 71.1 Å². The number of aromatic nitrogens is 1. The van der Waals surface area contributed by atoms with Gasteiger partial charge in [-0.1, -0.05) is 47.7 Å². The zero-order chi connectivity index (χ0) is 34.0. The lowest BCUT2D eigenvalue weighted by Crippen LogP contribution is -2.42. The molecule has 2 aliphatic carbocycles. The number of hydrogen-bond donors (Lipinski definition) is 3. The van der Waals surface area contributed by atoms with Crippen LogP contribution in [-0.2, 0) is 19.2 Å². The van der Waals surface area contributed by atoms with E-state index in [0.717, 1.165) is 48.9 Å². The minimum atomic E-state index is -1.05. The van der Waals surface area contributed by atoms with Crippen LogP contribution in [0.2, 0.25) is 0 Å². The summed E-state index contributed by atoms with van der Waals surface area (Å²) in [4.78, 5) is 68.8. The van der Waals surface area contributed by atoms with Crippen molar-refractivity contribution in [3.05, 3.63) is 80.8 Å². The fourth-order valence-corrected chi connectivity index (χ4v) is 11.5. The normalized spacial score (nSPS) is 26.4. The Morgan fingerprint density at radius 3 is 2.51 bits per heavy atom. The molecule has 13 heteroatoms. The molecule has 1 saturated heterocycles. The van der Waals surface area contributed by atoms with Crippen LogP contribution in [0.5, 0.6) is 11.5 Å². The highest BCUT2D eigenvalue weighted by atomic mass is 32.2. The van der Waals surface area contributed by atoms with Crippen LogP contribution >= 0.6 is 23.1 Å². The summed E-state index contributed by atoms with van der Waals surface area (Å²) in [5.41, 5.74) is 1.56. The number of anilines is 1. The maximum Gasteiger partial charge on any atom is 0.305 e. The molecule has 1 aromatic heterocycles. The number of likely N-dealkylation sites (tertiary alicyclic amines) is 1. The van der Waals surface area contributed by atoms with Crippen LogP contribution in [0.3, 0.4) is 0 Å². The fraction of sp³-hybridized carbons (Fsp3) is 0.361. The van der Waals surface area contributed by atoms with Crippen molar-refractivity contribution < 1.29 is 33.8 Å². The number of carboxylic acid groups (broad SMARTS) is 1. The lowest BCUT2D eigenvalue weighted by molar-refractivity contribution is -0.142. The predicted molar refractivity (Wildman–Crippen MR) is 183 cm³/mol. The van der Waals surface area contributed by atoms with E-state index in [9.17, 15) is 29.1 Å². The van der Waals surface area contributed by atoms with Crippen molar-refractivity contribution in [3.63, 3.8) is 0 Å². The van der Waals surface area contributed by atoms with Crippen LogP contribution in [0.1, 0.15) is 36.1 Å². The van der Waals surface area contributed by atoms with Crippen molar-refractivity contribution in [2.24, 2.45) is 29.6 Å². The van der Waals surface area contributed by atoms with Gasteiger partial charge in [-0.3, -0.25) is 28.9 Å². The molecule has 2 saturated carbocycles. The Morgan fingerprint density at radius 1 is 0.959 bits per heavy atom. The quantitative estimate of drug-likeness (QED) is 0.195. The number of amides is 3. The van der Waals surface area contributed by atoms with Crippen molar-refractivity contribution >= 4 is 63.2 Å². The summed E-state index contributed by atoms with van der Waals surface area (Å²) in [6.45, 7) is 1.87. The Balaban J connectivity index is 1.06. The number of imide groups is 1. The molecule has 3 amide bonds. The summed E-state index contributed by atoms with van der Waals surface area (Å²) < 4.78 is 12.0. The second-order valence-corrected chi connectivity index (χ2v) is 15.2. The molecule has 2 bridgehead atoms. The fourth-order valence-electron chi connectivity index (χ4n) is 8.59. The number of thiazole rings is 1. The summed E-state index contributed by atoms with van der Waals surface area (Å²) in [5.74, 6) is -2.44.